The number of nitrogens with zero attached hydrogens (tertiary/aromatic N) is 4. The Morgan fingerprint density at radius 2 is 2.22 bits per heavy atom. The zero-order valence-electron chi connectivity index (χ0n) is 17.2. The van der Waals surface area contributed by atoms with Crippen LogP contribution >= 0.6 is 0 Å². The van der Waals surface area contributed by atoms with Gasteiger partial charge in [0.25, 0.3) is 12.3 Å². The number of fused-ring (bicyclic) bond motifs is 2. The van der Waals surface area contributed by atoms with E-state index in [-0.39, 0.29) is 11.7 Å². The van der Waals surface area contributed by atoms with Crippen LogP contribution in [0, 0.1) is 0 Å². The molecule has 5 rings (SSSR count). The van der Waals surface area contributed by atoms with Crippen LogP contribution in [0.3, 0.4) is 0 Å². The van der Waals surface area contributed by atoms with E-state index < -0.39 is 18.9 Å². The molecule has 32 heavy (non-hydrogen) atoms. The number of carbonyl (C=O) groups excluding carboxylic acids is 1. The largest absolute Gasteiger partial charge is 0.381 e. The van der Waals surface area contributed by atoms with Crippen LogP contribution in [0.1, 0.15) is 23.2 Å². The molecule has 0 radical (unpaired) electrons. The molecule has 9 nitrogen and oxygen atoms in total. The molecule has 1 aliphatic rings. The van der Waals surface area contributed by atoms with E-state index in [1.807, 2.05) is 12.3 Å². The number of carbonyl (C=O) groups is 1. The second kappa shape index (κ2) is 8.15. The molecule has 0 atom stereocenters. The fourth-order valence-corrected chi connectivity index (χ4v) is 3.86. The van der Waals surface area contributed by atoms with E-state index in [1.165, 1.54) is 10.7 Å². The molecule has 4 aromatic rings. The van der Waals surface area contributed by atoms with Gasteiger partial charge in [0.1, 0.15) is 5.65 Å². The topological polar surface area (TPSA) is 109 Å². The van der Waals surface area contributed by atoms with Gasteiger partial charge in [-0.2, -0.15) is 10.1 Å². The minimum absolute atomic E-state index is 0.227. The van der Waals surface area contributed by atoms with E-state index in [2.05, 4.69) is 30.7 Å². The summed E-state index contributed by atoms with van der Waals surface area (Å²) in [6.45, 7) is -0.709. The van der Waals surface area contributed by atoms with Crippen LogP contribution in [0.4, 0.5) is 14.7 Å². The predicted octanol–water partition coefficient (Wildman–Crippen LogP) is 2.86. The van der Waals surface area contributed by atoms with Crippen molar-refractivity contribution in [2.24, 2.45) is 0 Å². The fourth-order valence-electron chi connectivity index (χ4n) is 3.86. The number of amides is 1. The van der Waals surface area contributed by atoms with Crippen LogP contribution in [-0.2, 0) is 4.74 Å². The number of halogens is 2. The highest BCUT2D eigenvalue weighted by Crippen LogP contribution is 2.30. The van der Waals surface area contributed by atoms with Crippen molar-refractivity contribution in [3.05, 3.63) is 42.5 Å². The van der Waals surface area contributed by atoms with Crippen molar-refractivity contribution in [2.45, 2.75) is 31.4 Å². The van der Waals surface area contributed by atoms with Crippen LogP contribution in [0.25, 0.3) is 27.7 Å². The minimum Gasteiger partial charge on any atom is -0.381 e. The number of nitrogens with one attached hydrogen (secondary N) is 3. The molecule has 166 valence electrons. The molecule has 1 fully saturated rings. The van der Waals surface area contributed by atoms with Gasteiger partial charge in [-0.25, -0.2) is 18.3 Å². The maximum absolute atomic E-state index is 12.4. The van der Waals surface area contributed by atoms with Crippen molar-refractivity contribution < 1.29 is 18.3 Å². The summed E-state index contributed by atoms with van der Waals surface area (Å²) in [7, 11) is 1.71. The maximum atomic E-state index is 12.4. The monoisotopic (exact) mass is 441 g/mol. The van der Waals surface area contributed by atoms with E-state index in [0.29, 0.717) is 23.2 Å². The molecular formula is C21H21F2N7O2. The first kappa shape index (κ1) is 20.3. The van der Waals surface area contributed by atoms with Crippen molar-refractivity contribution in [3.63, 3.8) is 0 Å². The quantitative estimate of drug-likeness (QED) is 0.407. The lowest BCUT2D eigenvalue weighted by molar-refractivity contribution is 0.0327. The van der Waals surface area contributed by atoms with Crippen LogP contribution in [-0.4, -0.2) is 62.7 Å². The Bertz CT molecular complexity index is 1280. The normalized spacial score (nSPS) is 18.2. The molecule has 0 unspecified atom stereocenters. The number of hydrogen-bond acceptors (Lipinski definition) is 6. The first-order chi connectivity index (χ1) is 15.5. The van der Waals surface area contributed by atoms with Crippen LogP contribution in [0.2, 0.25) is 0 Å². The zero-order chi connectivity index (χ0) is 22.2. The number of anilines is 1. The van der Waals surface area contributed by atoms with Gasteiger partial charge in [-0.05, 0) is 30.5 Å². The van der Waals surface area contributed by atoms with E-state index in [1.54, 1.807) is 25.6 Å². The molecule has 0 spiro atoms. The number of ether oxygens (including phenoxy) is 1. The maximum Gasteiger partial charge on any atom is 0.255 e. The number of aromatic nitrogens is 5. The average molecular weight is 441 g/mol. The van der Waals surface area contributed by atoms with Crippen LogP contribution < -0.4 is 10.6 Å². The third-order valence-electron chi connectivity index (χ3n) is 5.69. The standard InChI is InChI=1S/C21H21F2N7O2/c1-32-13-5-12(6-13)28-21-26-8-15-14(7-24-19(15)29-21)11-2-3-30-17(4-11)16(9-27-30)20(31)25-10-18(22)23/h2-4,7-9,12-13,18H,5-6,10H2,1H3,(H,25,31)(H2,24,26,28,29)/t12-,13+. The van der Waals surface area contributed by atoms with Crippen molar-refractivity contribution in [1.82, 2.24) is 29.9 Å². The highest BCUT2D eigenvalue weighted by Gasteiger charge is 2.29. The molecule has 4 aromatic heterocycles. The van der Waals surface area contributed by atoms with E-state index >= 15 is 0 Å². The Morgan fingerprint density at radius 3 is 3.00 bits per heavy atom. The number of rotatable bonds is 7. The van der Waals surface area contributed by atoms with Gasteiger partial charge in [-0.1, -0.05) is 0 Å². The first-order valence-electron chi connectivity index (χ1n) is 10.2. The van der Waals surface area contributed by atoms with Crippen molar-refractivity contribution in [1.29, 1.82) is 0 Å². The number of H-pyrrole nitrogens is 1. The molecule has 3 N–H and O–H groups in total. The Hall–Kier alpha value is -3.60. The lowest BCUT2D eigenvalue weighted by atomic mass is 9.89. The molecule has 1 amide bonds. The Kier molecular flexibility index (Phi) is 5.17. The minimum atomic E-state index is -2.62. The summed E-state index contributed by atoms with van der Waals surface area (Å²) in [6, 6.07) is 3.94. The molecular weight excluding hydrogens is 420 g/mol. The highest BCUT2D eigenvalue weighted by molar-refractivity contribution is 6.02. The average Bonchev–Trinajstić information content (AvgIpc) is 3.37. The molecule has 1 saturated carbocycles. The molecule has 0 bridgehead atoms. The van der Waals surface area contributed by atoms with E-state index in [0.717, 1.165) is 29.4 Å². The zero-order valence-corrected chi connectivity index (χ0v) is 17.2. The highest BCUT2D eigenvalue weighted by atomic mass is 19.3. The summed E-state index contributed by atoms with van der Waals surface area (Å²) in [5, 5.41) is 10.5. The van der Waals surface area contributed by atoms with Crippen LogP contribution in [0.15, 0.2) is 36.9 Å². The number of aromatic amines is 1. The summed E-state index contributed by atoms with van der Waals surface area (Å²) in [5.41, 5.74) is 3.10. The summed E-state index contributed by atoms with van der Waals surface area (Å²) in [6.07, 6.45) is 6.17. The van der Waals surface area contributed by atoms with E-state index in [4.69, 9.17) is 4.74 Å². The summed E-state index contributed by atoms with van der Waals surface area (Å²) in [4.78, 5) is 24.5. The van der Waals surface area contributed by atoms with Gasteiger partial charge < -0.3 is 20.4 Å². The molecule has 4 heterocycles. The van der Waals surface area contributed by atoms with Gasteiger partial charge in [0, 0.05) is 42.7 Å². The number of hydrogen-bond donors (Lipinski definition) is 3. The molecule has 0 saturated heterocycles. The second-order valence-corrected chi connectivity index (χ2v) is 7.73. The number of methoxy groups -OCH3 is 1. The fraction of sp³-hybridized carbons (Fsp3) is 0.333. The van der Waals surface area contributed by atoms with Crippen molar-refractivity contribution in [2.75, 3.05) is 19.0 Å². The van der Waals surface area contributed by atoms with Gasteiger partial charge in [0.15, 0.2) is 0 Å². The van der Waals surface area contributed by atoms with Crippen molar-refractivity contribution in [3.8, 4) is 11.1 Å². The third-order valence-corrected chi connectivity index (χ3v) is 5.69. The van der Waals surface area contributed by atoms with Crippen molar-refractivity contribution >= 4 is 28.4 Å². The third kappa shape index (κ3) is 3.75. The molecule has 1 aliphatic carbocycles. The van der Waals surface area contributed by atoms with E-state index in [9.17, 15) is 13.6 Å². The Morgan fingerprint density at radius 1 is 1.38 bits per heavy atom. The summed E-state index contributed by atoms with van der Waals surface area (Å²) in [5.74, 6) is -0.0446. The van der Waals surface area contributed by atoms with Gasteiger partial charge in [0.2, 0.25) is 5.95 Å². The van der Waals surface area contributed by atoms with Gasteiger partial charge in [-0.15, -0.1) is 0 Å². The lowest BCUT2D eigenvalue weighted by Gasteiger charge is -2.34. The molecule has 11 heteroatoms. The lowest BCUT2D eigenvalue weighted by Crippen LogP contribution is -2.40. The van der Waals surface area contributed by atoms with Crippen LogP contribution in [0.5, 0.6) is 0 Å². The summed E-state index contributed by atoms with van der Waals surface area (Å²) < 4.78 is 31.7. The van der Waals surface area contributed by atoms with Gasteiger partial charge in [0.05, 0.1) is 29.9 Å². The SMILES string of the molecule is CO[C@H]1C[C@@H](Nc2ncc3c(-c4ccn5ncc(C(=O)NCC(F)F)c5c4)c[nH]c3n2)C1. The summed E-state index contributed by atoms with van der Waals surface area (Å²) >= 11 is 0. The number of pyridine rings is 1. The first-order valence-corrected chi connectivity index (χ1v) is 10.2. The van der Waals surface area contributed by atoms with Gasteiger partial charge >= 0.3 is 0 Å². The molecule has 0 aromatic carbocycles. The molecule has 0 aliphatic heterocycles. The Labute approximate surface area is 181 Å². The predicted molar refractivity (Wildman–Crippen MR) is 114 cm³/mol. The number of alkyl halides is 2. The smallest absolute Gasteiger partial charge is 0.255 e. The second-order valence-electron chi connectivity index (χ2n) is 7.73. The Balaban J connectivity index is 1.41. The van der Waals surface area contributed by atoms with Gasteiger partial charge in [-0.3, -0.25) is 4.79 Å².